The van der Waals surface area contributed by atoms with E-state index in [0.717, 1.165) is 6.42 Å². The Morgan fingerprint density at radius 1 is 1.62 bits per heavy atom. The van der Waals surface area contributed by atoms with Gasteiger partial charge in [-0.1, -0.05) is 6.92 Å². The molecule has 1 saturated heterocycles. The number of hydrogen-bond donors (Lipinski definition) is 2. The van der Waals surface area contributed by atoms with Gasteiger partial charge < -0.3 is 5.73 Å². The van der Waals surface area contributed by atoms with Crippen LogP contribution in [0, 0.1) is 5.92 Å². The van der Waals surface area contributed by atoms with Gasteiger partial charge in [-0.2, -0.15) is 12.7 Å². The number of hydrogen-bond acceptors (Lipinski definition) is 3. The minimum atomic E-state index is -3.23. The predicted molar refractivity (Wildman–Crippen MR) is 51.3 cm³/mol. The van der Waals surface area contributed by atoms with E-state index in [0.29, 0.717) is 32.1 Å². The second-order valence-electron chi connectivity index (χ2n) is 3.25. The van der Waals surface area contributed by atoms with Crippen molar-refractivity contribution in [3.8, 4) is 0 Å². The molecule has 3 N–H and O–H groups in total. The van der Waals surface area contributed by atoms with Crippen LogP contribution in [0.1, 0.15) is 13.3 Å². The van der Waals surface area contributed by atoms with Gasteiger partial charge in [-0.15, -0.1) is 0 Å². The maximum Gasteiger partial charge on any atom is 0.279 e. The van der Waals surface area contributed by atoms with Crippen LogP contribution in [-0.4, -0.2) is 38.9 Å². The van der Waals surface area contributed by atoms with Crippen LogP contribution >= 0.6 is 0 Å². The molecule has 0 amide bonds. The summed E-state index contributed by atoms with van der Waals surface area (Å²) in [6, 6.07) is 0. The number of nitrogens with one attached hydrogen (secondary N) is 1. The number of nitrogens with zero attached hydrogens (tertiary/aromatic N) is 1. The van der Waals surface area contributed by atoms with E-state index in [2.05, 4.69) is 4.72 Å². The Morgan fingerprint density at radius 2 is 2.31 bits per heavy atom. The summed E-state index contributed by atoms with van der Waals surface area (Å²) < 4.78 is 26.9. The Labute approximate surface area is 79.5 Å². The normalized spacial score (nSPS) is 25.2. The third kappa shape index (κ3) is 2.63. The third-order valence-electron chi connectivity index (χ3n) is 2.25. The largest absolute Gasteiger partial charge is 0.330 e. The van der Waals surface area contributed by atoms with Gasteiger partial charge in [0.25, 0.3) is 10.2 Å². The van der Waals surface area contributed by atoms with Crippen molar-refractivity contribution in [2.45, 2.75) is 13.3 Å². The second kappa shape index (κ2) is 4.36. The monoisotopic (exact) mass is 207 g/mol. The van der Waals surface area contributed by atoms with Crippen LogP contribution in [0.2, 0.25) is 0 Å². The Kier molecular flexibility index (Phi) is 3.66. The van der Waals surface area contributed by atoms with Crippen molar-refractivity contribution < 1.29 is 8.42 Å². The van der Waals surface area contributed by atoms with Gasteiger partial charge >= 0.3 is 0 Å². The Morgan fingerprint density at radius 3 is 2.77 bits per heavy atom. The van der Waals surface area contributed by atoms with Crippen LogP contribution in [0.3, 0.4) is 0 Å². The molecule has 6 heteroatoms. The summed E-state index contributed by atoms with van der Waals surface area (Å²) in [6.07, 6.45) is 0.876. The highest BCUT2D eigenvalue weighted by molar-refractivity contribution is 7.87. The number of rotatable bonds is 4. The summed E-state index contributed by atoms with van der Waals surface area (Å²) in [7, 11) is -3.23. The molecule has 1 unspecified atom stereocenters. The molecular formula is C7H17N3O2S. The minimum absolute atomic E-state index is 0.327. The van der Waals surface area contributed by atoms with Crippen LogP contribution < -0.4 is 10.5 Å². The summed E-state index contributed by atoms with van der Waals surface area (Å²) in [5, 5.41) is 0. The van der Waals surface area contributed by atoms with Gasteiger partial charge in [0.05, 0.1) is 0 Å². The van der Waals surface area contributed by atoms with E-state index in [9.17, 15) is 8.42 Å². The van der Waals surface area contributed by atoms with Crippen molar-refractivity contribution in [1.29, 1.82) is 0 Å². The fraction of sp³-hybridized carbons (Fsp3) is 1.00. The summed E-state index contributed by atoms with van der Waals surface area (Å²) in [4.78, 5) is 0. The third-order valence-corrected chi connectivity index (χ3v) is 3.91. The second-order valence-corrected chi connectivity index (χ2v) is 5.01. The average Bonchev–Trinajstić information content (AvgIpc) is 2.52. The average molecular weight is 207 g/mol. The molecule has 0 spiro atoms. The molecule has 78 valence electrons. The van der Waals surface area contributed by atoms with Crippen molar-refractivity contribution in [2.75, 3.05) is 26.2 Å². The van der Waals surface area contributed by atoms with Crippen LogP contribution in [0.5, 0.6) is 0 Å². The Balaban J connectivity index is 2.55. The maximum absolute atomic E-state index is 11.5. The van der Waals surface area contributed by atoms with Gasteiger partial charge in [0.2, 0.25) is 0 Å². The standard InChI is InChI=1S/C7H17N3O2S/c1-2-9-13(11,12)10-4-3-7(5-8)6-10/h7,9H,2-6,8H2,1H3. The highest BCUT2D eigenvalue weighted by Gasteiger charge is 2.29. The number of nitrogens with two attached hydrogens (primary N) is 1. The van der Waals surface area contributed by atoms with E-state index in [1.165, 1.54) is 4.31 Å². The molecule has 5 nitrogen and oxygen atoms in total. The van der Waals surface area contributed by atoms with E-state index < -0.39 is 10.2 Å². The molecule has 1 aliphatic rings. The quantitative estimate of drug-likeness (QED) is 0.628. The molecule has 0 bridgehead atoms. The lowest BCUT2D eigenvalue weighted by molar-refractivity contribution is 0.450. The Hall–Kier alpha value is -0.170. The van der Waals surface area contributed by atoms with Crippen molar-refractivity contribution in [3.05, 3.63) is 0 Å². The van der Waals surface area contributed by atoms with Crippen LogP contribution in [-0.2, 0) is 10.2 Å². The molecule has 0 saturated carbocycles. The molecule has 0 aromatic rings. The zero-order valence-corrected chi connectivity index (χ0v) is 8.68. The molecular weight excluding hydrogens is 190 g/mol. The van der Waals surface area contributed by atoms with Crippen molar-refractivity contribution in [2.24, 2.45) is 11.7 Å². The summed E-state index contributed by atoms with van der Waals surface area (Å²) in [6.45, 7) is 3.93. The summed E-state index contributed by atoms with van der Waals surface area (Å²) in [5.74, 6) is 0.327. The topological polar surface area (TPSA) is 75.4 Å². The molecule has 13 heavy (non-hydrogen) atoms. The molecule has 1 rings (SSSR count). The zero-order chi connectivity index (χ0) is 9.90. The first-order valence-electron chi connectivity index (χ1n) is 4.55. The summed E-state index contributed by atoms with van der Waals surface area (Å²) >= 11 is 0. The lowest BCUT2D eigenvalue weighted by Gasteiger charge is -2.15. The molecule has 0 radical (unpaired) electrons. The summed E-state index contributed by atoms with van der Waals surface area (Å²) in [5.41, 5.74) is 5.47. The molecule has 1 heterocycles. The molecule has 0 aromatic heterocycles. The van der Waals surface area contributed by atoms with Gasteiger partial charge in [-0.3, -0.25) is 0 Å². The minimum Gasteiger partial charge on any atom is -0.330 e. The molecule has 1 aliphatic heterocycles. The van der Waals surface area contributed by atoms with Gasteiger partial charge in [-0.25, -0.2) is 4.72 Å². The van der Waals surface area contributed by atoms with Crippen LogP contribution in [0.15, 0.2) is 0 Å². The Bertz CT molecular complexity index is 252. The highest BCUT2D eigenvalue weighted by atomic mass is 32.2. The fourth-order valence-electron chi connectivity index (χ4n) is 1.48. The van der Waals surface area contributed by atoms with E-state index >= 15 is 0 Å². The first kappa shape index (κ1) is 10.9. The lowest BCUT2D eigenvalue weighted by atomic mass is 10.1. The molecule has 1 fully saturated rings. The van der Waals surface area contributed by atoms with Crippen molar-refractivity contribution in [3.63, 3.8) is 0 Å². The zero-order valence-electron chi connectivity index (χ0n) is 7.86. The van der Waals surface area contributed by atoms with Gasteiger partial charge in [0.1, 0.15) is 0 Å². The van der Waals surface area contributed by atoms with Gasteiger partial charge in [0, 0.05) is 19.6 Å². The highest BCUT2D eigenvalue weighted by Crippen LogP contribution is 2.16. The first-order chi connectivity index (χ1) is 6.10. The van der Waals surface area contributed by atoms with Gasteiger partial charge in [0.15, 0.2) is 0 Å². The van der Waals surface area contributed by atoms with Crippen molar-refractivity contribution >= 4 is 10.2 Å². The van der Waals surface area contributed by atoms with E-state index in [-0.39, 0.29) is 0 Å². The fourth-order valence-corrected chi connectivity index (χ4v) is 2.78. The lowest BCUT2D eigenvalue weighted by Crippen LogP contribution is -2.39. The molecule has 1 atom stereocenters. The smallest absolute Gasteiger partial charge is 0.279 e. The van der Waals surface area contributed by atoms with Crippen LogP contribution in [0.4, 0.5) is 0 Å². The van der Waals surface area contributed by atoms with Crippen molar-refractivity contribution in [1.82, 2.24) is 9.03 Å². The first-order valence-corrected chi connectivity index (χ1v) is 5.99. The van der Waals surface area contributed by atoms with E-state index in [4.69, 9.17) is 5.73 Å². The van der Waals surface area contributed by atoms with Gasteiger partial charge in [-0.05, 0) is 18.9 Å². The van der Waals surface area contributed by atoms with E-state index in [1.54, 1.807) is 6.92 Å². The van der Waals surface area contributed by atoms with E-state index in [1.807, 2.05) is 0 Å². The SMILES string of the molecule is CCNS(=O)(=O)N1CCC(CN)C1. The molecule has 0 aromatic carbocycles. The maximum atomic E-state index is 11.5. The predicted octanol–water partition coefficient (Wildman–Crippen LogP) is -0.879. The van der Waals surface area contributed by atoms with Crippen LogP contribution in [0.25, 0.3) is 0 Å². The molecule has 0 aliphatic carbocycles.